The van der Waals surface area contributed by atoms with Crippen molar-refractivity contribution >= 4 is 12.6 Å². The summed E-state index contributed by atoms with van der Waals surface area (Å²) in [5, 5.41) is 8.63. The molecule has 0 atom stereocenters. The molecule has 1 heterocycles. The maximum absolute atomic E-state index is 7.18. The lowest BCUT2D eigenvalue weighted by atomic mass is 10.3. The first-order chi connectivity index (χ1) is 6.24. The van der Waals surface area contributed by atoms with Gasteiger partial charge in [-0.05, 0) is 6.42 Å². The van der Waals surface area contributed by atoms with E-state index in [0.29, 0.717) is 0 Å². The molecule has 1 aromatic rings. The molecule has 72 valence electrons. The topological polar surface area (TPSA) is 32.6 Å². The Kier molecular flexibility index (Phi) is 7.12. The quantitative estimate of drug-likeness (QED) is 0.446. The molecule has 0 bridgehead atoms. The van der Waals surface area contributed by atoms with E-state index in [2.05, 4.69) is 47.4 Å². The third-order valence-electron chi connectivity index (χ3n) is 1.59. The predicted octanol–water partition coefficient (Wildman–Crippen LogP) is 1.51. The van der Waals surface area contributed by atoms with Crippen molar-refractivity contribution in [3.63, 3.8) is 0 Å². The third-order valence-corrected chi connectivity index (χ3v) is 1.59. The average Bonchev–Trinajstić information content (AvgIpc) is 2.49. The Labute approximate surface area is 85.0 Å². The first kappa shape index (κ1) is 12.0. The summed E-state index contributed by atoms with van der Waals surface area (Å²) >= 11 is 3.09. The summed E-state index contributed by atoms with van der Waals surface area (Å²) in [6.45, 7) is 3.36. The Balaban J connectivity index is 0.000000424. The van der Waals surface area contributed by atoms with Crippen molar-refractivity contribution in [2.24, 2.45) is 7.05 Å². The fourth-order valence-corrected chi connectivity index (χ4v) is 0.975. The van der Waals surface area contributed by atoms with Crippen molar-refractivity contribution in [1.82, 2.24) is 4.57 Å². The maximum atomic E-state index is 7.18. The lowest BCUT2D eigenvalue weighted by molar-refractivity contribution is -0.696. The summed E-state index contributed by atoms with van der Waals surface area (Å²) in [5.41, 5.74) is 0. The van der Waals surface area contributed by atoms with Crippen LogP contribution in [0.4, 0.5) is 0 Å². The average molecular weight is 198 g/mol. The molecule has 1 aromatic heterocycles. The molecule has 0 saturated heterocycles. The summed E-state index contributed by atoms with van der Waals surface area (Å²) in [6.07, 6.45) is 8.82. The van der Waals surface area contributed by atoms with Crippen molar-refractivity contribution in [1.29, 1.82) is 5.26 Å². The van der Waals surface area contributed by atoms with Crippen molar-refractivity contribution in [3.8, 4) is 5.40 Å². The second kappa shape index (κ2) is 7.69. The second-order valence-electron chi connectivity index (χ2n) is 2.77. The summed E-state index contributed by atoms with van der Waals surface area (Å²) in [7, 11) is 2.04. The van der Waals surface area contributed by atoms with E-state index in [4.69, 9.17) is 5.26 Å². The van der Waals surface area contributed by atoms with E-state index in [1.165, 1.54) is 18.2 Å². The van der Waals surface area contributed by atoms with Gasteiger partial charge in [0.05, 0.1) is 13.6 Å². The van der Waals surface area contributed by atoms with Crippen molar-refractivity contribution in [3.05, 3.63) is 18.7 Å². The molecule has 0 aliphatic heterocycles. The zero-order valence-electron chi connectivity index (χ0n) is 8.14. The molecule has 1 rings (SSSR count). The van der Waals surface area contributed by atoms with Gasteiger partial charge in [-0.25, -0.2) is 9.13 Å². The van der Waals surface area contributed by atoms with Crippen LogP contribution in [-0.4, -0.2) is 4.57 Å². The standard InChI is InChI=1S/C8H15N2.CHNS/c1-3-4-5-10-7-6-9(2)8-10;2-1-3/h6-8H,3-5H2,1-2H3;3H/q+1;. The van der Waals surface area contributed by atoms with Gasteiger partial charge >= 0.3 is 0 Å². The Morgan fingerprint density at radius 3 is 2.62 bits per heavy atom. The van der Waals surface area contributed by atoms with E-state index < -0.39 is 0 Å². The summed E-state index contributed by atoms with van der Waals surface area (Å²) in [6, 6.07) is 0. The van der Waals surface area contributed by atoms with Crippen molar-refractivity contribution in [2.45, 2.75) is 26.3 Å². The Bertz CT molecular complexity index is 262. The minimum absolute atomic E-state index is 1.15. The fraction of sp³-hybridized carbons (Fsp3) is 0.556. The molecule has 0 unspecified atom stereocenters. The number of hydrogen-bond donors (Lipinski definition) is 1. The zero-order chi connectivity index (χ0) is 10.1. The molecule has 0 radical (unpaired) electrons. The molecular weight excluding hydrogens is 182 g/mol. The summed E-state index contributed by atoms with van der Waals surface area (Å²) in [4.78, 5) is 0. The Morgan fingerprint density at radius 2 is 2.23 bits per heavy atom. The van der Waals surface area contributed by atoms with Crippen LogP contribution in [0.1, 0.15) is 19.8 Å². The van der Waals surface area contributed by atoms with Gasteiger partial charge in [0.2, 0.25) is 6.33 Å². The van der Waals surface area contributed by atoms with Gasteiger partial charge in [-0.1, -0.05) is 26.0 Å². The molecule has 0 saturated carbocycles. The first-order valence-electron chi connectivity index (χ1n) is 4.28. The predicted molar refractivity (Wildman–Crippen MR) is 55.1 cm³/mol. The number of rotatable bonds is 3. The third kappa shape index (κ3) is 6.23. The molecule has 0 aliphatic carbocycles. The molecule has 0 aromatic carbocycles. The lowest BCUT2D eigenvalue weighted by Crippen LogP contribution is -2.30. The smallest absolute Gasteiger partial charge is 0.240 e. The molecular formula is C9H16N3S+. The molecule has 0 spiro atoms. The minimum atomic E-state index is 1.15. The maximum Gasteiger partial charge on any atom is 0.243 e. The summed E-state index contributed by atoms with van der Waals surface area (Å²) in [5.74, 6) is 0. The van der Waals surface area contributed by atoms with E-state index >= 15 is 0 Å². The monoisotopic (exact) mass is 198 g/mol. The van der Waals surface area contributed by atoms with Crippen LogP contribution in [0.15, 0.2) is 18.7 Å². The van der Waals surface area contributed by atoms with Crippen LogP contribution in [0, 0.1) is 10.7 Å². The highest BCUT2D eigenvalue weighted by Crippen LogP contribution is 1.85. The first-order valence-corrected chi connectivity index (χ1v) is 4.73. The van der Waals surface area contributed by atoms with Gasteiger partial charge < -0.3 is 0 Å². The molecule has 0 aliphatic rings. The highest BCUT2D eigenvalue weighted by molar-refractivity contribution is 7.85. The van der Waals surface area contributed by atoms with Gasteiger partial charge in [-0.15, -0.1) is 0 Å². The minimum Gasteiger partial charge on any atom is -0.240 e. The normalized spacial score (nSPS) is 8.46. The molecule has 0 N–H and O–H groups in total. The van der Waals surface area contributed by atoms with Gasteiger partial charge in [-0.2, -0.15) is 5.26 Å². The van der Waals surface area contributed by atoms with E-state index in [1.807, 2.05) is 7.05 Å². The highest BCUT2D eigenvalue weighted by Gasteiger charge is 1.96. The Morgan fingerprint density at radius 1 is 1.62 bits per heavy atom. The van der Waals surface area contributed by atoms with Crippen LogP contribution < -0.4 is 4.57 Å². The van der Waals surface area contributed by atoms with Crippen molar-refractivity contribution < 1.29 is 4.57 Å². The van der Waals surface area contributed by atoms with Crippen LogP contribution >= 0.6 is 12.6 Å². The van der Waals surface area contributed by atoms with Crippen LogP contribution in [0.2, 0.25) is 0 Å². The molecule has 0 amide bonds. The van der Waals surface area contributed by atoms with Crippen molar-refractivity contribution in [2.75, 3.05) is 0 Å². The van der Waals surface area contributed by atoms with Crippen LogP contribution in [0.5, 0.6) is 0 Å². The molecule has 4 heteroatoms. The number of thiocyanates is 1. The lowest BCUT2D eigenvalue weighted by Gasteiger charge is -1.90. The van der Waals surface area contributed by atoms with E-state index in [-0.39, 0.29) is 0 Å². The van der Waals surface area contributed by atoms with Gasteiger partial charge in [-0.3, -0.25) is 0 Å². The molecule has 13 heavy (non-hydrogen) atoms. The van der Waals surface area contributed by atoms with E-state index in [0.717, 1.165) is 6.54 Å². The second-order valence-corrected chi connectivity index (χ2v) is 2.97. The molecule has 3 nitrogen and oxygen atoms in total. The number of aromatic nitrogens is 2. The number of unbranched alkanes of at least 4 members (excludes halogenated alkanes) is 1. The Hall–Kier alpha value is -0.950. The van der Waals surface area contributed by atoms with Crippen LogP contribution in [0.3, 0.4) is 0 Å². The van der Waals surface area contributed by atoms with Gasteiger partial charge in [0.15, 0.2) is 0 Å². The fourth-order valence-electron chi connectivity index (χ4n) is 0.975. The molecule has 0 fully saturated rings. The number of imidazole rings is 1. The summed E-state index contributed by atoms with van der Waals surface area (Å²) < 4.78 is 4.28. The van der Waals surface area contributed by atoms with Gasteiger partial charge in [0, 0.05) is 0 Å². The largest absolute Gasteiger partial charge is 0.243 e. The van der Waals surface area contributed by atoms with Gasteiger partial charge in [0.1, 0.15) is 17.8 Å². The SMILES string of the molecule is CCCC[n+]1ccn(C)c1.N#CS. The number of hydrogen-bond acceptors (Lipinski definition) is 2. The highest BCUT2D eigenvalue weighted by atomic mass is 32.1. The number of thiol groups is 1. The van der Waals surface area contributed by atoms with E-state index in [1.54, 1.807) is 0 Å². The van der Waals surface area contributed by atoms with E-state index in [9.17, 15) is 0 Å². The number of nitriles is 1. The number of nitrogens with zero attached hydrogens (tertiary/aromatic N) is 3. The zero-order valence-corrected chi connectivity index (χ0v) is 9.04. The number of aryl methyl sites for hydroxylation is 2. The van der Waals surface area contributed by atoms with Crippen LogP contribution in [-0.2, 0) is 13.6 Å². The van der Waals surface area contributed by atoms with Gasteiger partial charge in [0.25, 0.3) is 0 Å². The van der Waals surface area contributed by atoms with Crippen LogP contribution in [0.25, 0.3) is 0 Å².